The van der Waals surface area contributed by atoms with Crippen molar-refractivity contribution in [3.05, 3.63) is 101 Å². The molecular formula is C22H14F3NO. The number of carbonyl (C=O) groups is 1. The molecule has 1 amide bonds. The maximum absolute atomic E-state index is 12.9. The van der Waals surface area contributed by atoms with Crippen molar-refractivity contribution in [3.63, 3.8) is 0 Å². The fourth-order valence-corrected chi connectivity index (χ4v) is 3.25. The Labute approximate surface area is 154 Å². The summed E-state index contributed by atoms with van der Waals surface area (Å²) in [4.78, 5) is 12.7. The van der Waals surface area contributed by atoms with Crippen LogP contribution in [0.2, 0.25) is 0 Å². The van der Waals surface area contributed by atoms with Gasteiger partial charge in [-0.1, -0.05) is 60.7 Å². The van der Waals surface area contributed by atoms with Crippen LogP contribution in [0.25, 0.3) is 11.1 Å². The number of para-hydroxylation sites is 1. The molecule has 0 fully saturated rings. The normalized spacial score (nSPS) is 15.3. The first-order valence-electron chi connectivity index (χ1n) is 8.33. The molecule has 1 N–H and O–H groups in total. The van der Waals surface area contributed by atoms with E-state index in [2.05, 4.69) is 5.32 Å². The van der Waals surface area contributed by atoms with Crippen molar-refractivity contribution in [2.24, 2.45) is 0 Å². The second-order valence-corrected chi connectivity index (χ2v) is 6.19. The van der Waals surface area contributed by atoms with Crippen LogP contribution in [-0.4, -0.2) is 5.91 Å². The molecule has 0 bridgehead atoms. The molecule has 1 heterocycles. The molecule has 0 saturated heterocycles. The van der Waals surface area contributed by atoms with E-state index in [4.69, 9.17) is 0 Å². The molecule has 0 aromatic heterocycles. The minimum atomic E-state index is -4.41. The SMILES string of the molecule is O=C1Nc2ccccc2/C1=C(/c1ccccc1)c1ccc(C(F)(F)F)cc1. The number of halogens is 3. The zero-order valence-corrected chi connectivity index (χ0v) is 14.0. The van der Waals surface area contributed by atoms with Crippen LogP contribution in [-0.2, 0) is 11.0 Å². The van der Waals surface area contributed by atoms with Gasteiger partial charge in [-0.15, -0.1) is 0 Å². The fourth-order valence-electron chi connectivity index (χ4n) is 3.25. The molecule has 134 valence electrons. The molecule has 27 heavy (non-hydrogen) atoms. The molecule has 4 rings (SSSR count). The second kappa shape index (κ2) is 6.43. The molecule has 3 aromatic rings. The number of fused-ring (bicyclic) bond motifs is 1. The summed E-state index contributed by atoms with van der Waals surface area (Å²) < 4.78 is 38.8. The predicted molar refractivity (Wildman–Crippen MR) is 98.9 cm³/mol. The van der Waals surface area contributed by atoms with Crippen LogP contribution in [0.4, 0.5) is 18.9 Å². The van der Waals surface area contributed by atoms with Gasteiger partial charge in [0.1, 0.15) is 0 Å². The zero-order chi connectivity index (χ0) is 19.0. The van der Waals surface area contributed by atoms with E-state index in [1.807, 2.05) is 48.5 Å². The van der Waals surface area contributed by atoms with Gasteiger partial charge >= 0.3 is 6.18 Å². The third kappa shape index (κ3) is 3.12. The predicted octanol–water partition coefficient (Wildman–Crippen LogP) is 5.62. The van der Waals surface area contributed by atoms with Crippen molar-refractivity contribution in [2.75, 3.05) is 5.32 Å². The number of amides is 1. The quantitative estimate of drug-likeness (QED) is 0.587. The van der Waals surface area contributed by atoms with Gasteiger partial charge in [-0.25, -0.2) is 0 Å². The monoisotopic (exact) mass is 365 g/mol. The van der Waals surface area contributed by atoms with E-state index in [9.17, 15) is 18.0 Å². The number of hydrogen-bond donors (Lipinski definition) is 1. The van der Waals surface area contributed by atoms with Crippen LogP contribution < -0.4 is 5.32 Å². The number of anilines is 1. The van der Waals surface area contributed by atoms with Crippen LogP contribution >= 0.6 is 0 Å². The summed E-state index contributed by atoms with van der Waals surface area (Å²) in [5.74, 6) is -0.269. The van der Waals surface area contributed by atoms with Crippen LogP contribution in [0, 0.1) is 0 Å². The lowest BCUT2D eigenvalue weighted by molar-refractivity contribution is -0.137. The minimum Gasteiger partial charge on any atom is -0.321 e. The topological polar surface area (TPSA) is 29.1 Å². The zero-order valence-electron chi connectivity index (χ0n) is 14.0. The van der Waals surface area contributed by atoms with Gasteiger partial charge in [0.05, 0.1) is 11.1 Å². The third-order valence-corrected chi connectivity index (χ3v) is 4.49. The highest BCUT2D eigenvalue weighted by Crippen LogP contribution is 2.40. The molecule has 0 saturated carbocycles. The number of alkyl halides is 3. The minimum absolute atomic E-state index is 0.269. The maximum atomic E-state index is 12.9. The summed E-state index contributed by atoms with van der Waals surface area (Å²) in [7, 11) is 0. The lowest BCUT2D eigenvalue weighted by Gasteiger charge is -2.14. The van der Waals surface area contributed by atoms with Gasteiger partial charge < -0.3 is 5.32 Å². The van der Waals surface area contributed by atoms with Crippen molar-refractivity contribution in [3.8, 4) is 0 Å². The average molecular weight is 365 g/mol. The Kier molecular flexibility index (Phi) is 4.07. The molecule has 5 heteroatoms. The van der Waals surface area contributed by atoms with E-state index in [1.54, 1.807) is 6.07 Å². The van der Waals surface area contributed by atoms with E-state index < -0.39 is 11.7 Å². The Balaban J connectivity index is 1.96. The van der Waals surface area contributed by atoms with Crippen LogP contribution in [0.1, 0.15) is 22.3 Å². The summed E-state index contributed by atoms with van der Waals surface area (Å²) >= 11 is 0. The number of nitrogens with one attached hydrogen (secondary N) is 1. The smallest absolute Gasteiger partial charge is 0.321 e. The Morgan fingerprint density at radius 2 is 1.33 bits per heavy atom. The molecule has 0 unspecified atom stereocenters. The number of rotatable bonds is 2. The van der Waals surface area contributed by atoms with E-state index in [1.165, 1.54) is 12.1 Å². The number of hydrogen-bond acceptors (Lipinski definition) is 1. The lowest BCUT2D eigenvalue weighted by Crippen LogP contribution is -2.07. The molecule has 1 aliphatic heterocycles. The molecule has 3 aromatic carbocycles. The first kappa shape index (κ1) is 17.1. The largest absolute Gasteiger partial charge is 0.416 e. The van der Waals surface area contributed by atoms with Gasteiger partial charge in [0, 0.05) is 16.8 Å². The Hall–Kier alpha value is -3.34. The van der Waals surface area contributed by atoms with Crippen molar-refractivity contribution in [1.82, 2.24) is 0 Å². The number of carbonyl (C=O) groups excluding carboxylic acids is 1. The second-order valence-electron chi connectivity index (χ2n) is 6.19. The van der Waals surface area contributed by atoms with Gasteiger partial charge in [0.15, 0.2) is 0 Å². The van der Waals surface area contributed by atoms with E-state index >= 15 is 0 Å². The first-order chi connectivity index (χ1) is 12.9. The van der Waals surface area contributed by atoms with E-state index in [0.717, 1.165) is 23.3 Å². The summed E-state index contributed by atoms with van der Waals surface area (Å²) in [5.41, 5.74) is 3.08. The first-order valence-corrected chi connectivity index (χ1v) is 8.33. The summed E-state index contributed by atoms with van der Waals surface area (Å²) in [6, 6.07) is 21.4. The van der Waals surface area contributed by atoms with Crippen LogP contribution in [0.5, 0.6) is 0 Å². The van der Waals surface area contributed by atoms with Crippen molar-refractivity contribution in [2.45, 2.75) is 6.18 Å². The van der Waals surface area contributed by atoms with Gasteiger partial charge in [0.25, 0.3) is 5.91 Å². The molecule has 0 spiro atoms. The highest BCUT2D eigenvalue weighted by molar-refractivity contribution is 6.38. The molecule has 1 aliphatic rings. The van der Waals surface area contributed by atoms with Crippen molar-refractivity contribution >= 4 is 22.7 Å². The Bertz CT molecular complexity index is 1040. The maximum Gasteiger partial charge on any atom is 0.416 e. The van der Waals surface area contributed by atoms with Crippen molar-refractivity contribution < 1.29 is 18.0 Å². The summed E-state index contributed by atoms with van der Waals surface area (Å²) in [6.07, 6.45) is -4.41. The highest BCUT2D eigenvalue weighted by atomic mass is 19.4. The standard InChI is InChI=1S/C22H14F3NO/c23-22(24,25)16-12-10-15(11-13-16)19(14-6-2-1-3-7-14)20-17-8-4-5-9-18(17)26-21(20)27/h1-13H,(H,26,27)/b20-19+. The van der Waals surface area contributed by atoms with Gasteiger partial charge in [-0.3, -0.25) is 4.79 Å². The fraction of sp³-hybridized carbons (Fsp3) is 0.0455. The average Bonchev–Trinajstić information content (AvgIpc) is 2.99. The molecule has 2 nitrogen and oxygen atoms in total. The van der Waals surface area contributed by atoms with E-state index in [-0.39, 0.29) is 5.91 Å². The highest BCUT2D eigenvalue weighted by Gasteiger charge is 2.31. The lowest BCUT2D eigenvalue weighted by atomic mass is 9.89. The van der Waals surface area contributed by atoms with Gasteiger partial charge in [-0.05, 0) is 29.3 Å². The van der Waals surface area contributed by atoms with E-state index in [0.29, 0.717) is 22.4 Å². The van der Waals surface area contributed by atoms with Gasteiger partial charge in [0.2, 0.25) is 0 Å². The van der Waals surface area contributed by atoms with Gasteiger partial charge in [-0.2, -0.15) is 13.2 Å². The summed E-state index contributed by atoms with van der Waals surface area (Å²) in [6.45, 7) is 0. The molecular weight excluding hydrogens is 351 g/mol. The molecule has 0 radical (unpaired) electrons. The Morgan fingerprint density at radius 3 is 2.00 bits per heavy atom. The molecule has 0 atom stereocenters. The van der Waals surface area contributed by atoms with Crippen molar-refractivity contribution in [1.29, 1.82) is 0 Å². The van der Waals surface area contributed by atoms with Crippen LogP contribution in [0.3, 0.4) is 0 Å². The Morgan fingerprint density at radius 1 is 0.741 bits per heavy atom. The van der Waals surface area contributed by atoms with Crippen LogP contribution in [0.15, 0.2) is 78.9 Å². The molecule has 0 aliphatic carbocycles. The third-order valence-electron chi connectivity index (χ3n) is 4.49. The summed E-state index contributed by atoms with van der Waals surface area (Å²) in [5, 5.41) is 2.83. The number of benzene rings is 3.